The van der Waals surface area contributed by atoms with Gasteiger partial charge in [-0.25, -0.2) is 4.79 Å². The molecule has 5 heterocycles. The molecule has 3 saturated heterocycles. The number of nitrogens with one attached hydrogen (secondary N) is 2. The number of ether oxygens (including phenoxy) is 2. The number of morpholine rings is 1. The van der Waals surface area contributed by atoms with E-state index in [-0.39, 0.29) is 29.7 Å². The largest absolute Gasteiger partial charge is 0.506 e. The van der Waals surface area contributed by atoms with Crippen LogP contribution in [0.1, 0.15) is 79.2 Å². The number of unbranched alkanes of at least 4 members (excludes halogenated alkanes) is 6. The maximum absolute atomic E-state index is 13.6. The second-order valence-electron chi connectivity index (χ2n) is 13.7. The maximum atomic E-state index is 13.6. The monoisotopic (exact) mass is 698 g/mol. The summed E-state index contributed by atoms with van der Waals surface area (Å²) in [6, 6.07) is 12.6. The van der Waals surface area contributed by atoms with Gasteiger partial charge in [0, 0.05) is 19.4 Å². The molecule has 0 spiro atoms. The second-order valence-corrected chi connectivity index (χ2v) is 15.6. The molecule has 1 amide bonds. The van der Waals surface area contributed by atoms with E-state index in [4.69, 9.17) is 9.47 Å². The van der Waals surface area contributed by atoms with Crippen LogP contribution in [0.4, 0.5) is 5.69 Å². The fourth-order valence-electron chi connectivity index (χ4n) is 7.90. The Morgan fingerprint density at radius 3 is 2.25 bits per heavy atom. The van der Waals surface area contributed by atoms with Crippen molar-refractivity contribution in [3.05, 3.63) is 68.5 Å². The average molecular weight is 699 g/mol. The van der Waals surface area contributed by atoms with Crippen LogP contribution in [-0.4, -0.2) is 89.3 Å². The SMILES string of the molecule is C[N+]1(CCCCCCCCCNC[C@H](O)c2ccc(O)c(NC=O)c2)C2CC(OC(=O)C(O)(c3cccs3)c3cccs3)CC1C1OC12. The third-order valence-electron chi connectivity index (χ3n) is 10.6. The number of benzene rings is 1. The number of likely N-dealkylation sites (N-methyl/N-ethyl adjacent to an activating group) is 1. The van der Waals surface area contributed by atoms with Gasteiger partial charge in [-0.15, -0.1) is 22.7 Å². The van der Waals surface area contributed by atoms with Crippen LogP contribution in [0, 0.1) is 0 Å². The van der Waals surface area contributed by atoms with E-state index in [9.17, 15) is 24.9 Å². The van der Waals surface area contributed by atoms with E-state index in [0.29, 0.717) is 40.4 Å². The van der Waals surface area contributed by atoms with Crippen LogP contribution in [-0.2, 0) is 24.7 Å². The minimum atomic E-state index is -1.77. The number of rotatable bonds is 19. The molecule has 2 bridgehead atoms. The van der Waals surface area contributed by atoms with Gasteiger partial charge in [0.25, 0.3) is 0 Å². The Kier molecular flexibility index (Phi) is 11.2. The highest BCUT2D eigenvalue weighted by Gasteiger charge is 2.72. The predicted octanol–water partition coefficient (Wildman–Crippen LogP) is 5.04. The van der Waals surface area contributed by atoms with Gasteiger partial charge in [0.1, 0.15) is 36.1 Å². The number of quaternary nitrogens is 1. The van der Waals surface area contributed by atoms with E-state index < -0.39 is 17.7 Å². The number of hydrogen-bond donors (Lipinski definition) is 5. The highest BCUT2D eigenvalue weighted by Crippen LogP contribution is 2.53. The smallest absolute Gasteiger partial charge is 0.349 e. The number of esters is 1. The summed E-state index contributed by atoms with van der Waals surface area (Å²) in [5, 5.41) is 41.4. The zero-order valence-corrected chi connectivity index (χ0v) is 29.1. The first-order valence-electron chi connectivity index (χ1n) is 17.2. The first-order valence-corrected chi connectivity index (χ1v) is 18.9. The number of fused-ring (bicyclic) bond motifs is 5. The quantitative estimate of drug-likeness (QED) is 0.0293. The third-order valence-corrected chi connectivity index (χ3v) is 12.6. The van der Waals surface area contributed by atoms with E-state index in [0.717, 1.165) is 43.3 Å². The fourth-order valence-corrected chi connectivity index (χ4v) is 9.61. The number of carbonyl (C=O) groups is 2. The summed E-state index contributed by atoms with van der Waals surface area (Å²) in [6.45, 7) is 2.35. The van der Waals surface area contributed by atoms with Gasteiger partial charge < -0.3 is 39.9 Å². The molecule has 0 radical (unpaired) electrons. The fraction of sp³-hybridized carbons (Fsp3) is 0.556. The molecule has 0 aliphatic carbocycles. The van der Waals surface area contributed by atoms with Gasteiger partial charge in [-0.1, -0.05) is 43.9 Å². The number of anilines is 1. The number of piperidine rings is 1. The van der Waals surface area contributed by atoms with Crippen molar-refractivity contribution < 1.29 is 38.9 Å². The molecule has 5 N–H and O–H groups in total. The highest BCUT2D eigenvalue weighted by molar-refractivity contribution is 7.12. The molecule has 5 atom stereocenters. The number of nitrogens with zero attached hydrogens (tertiary/aromatic N) is 1. The first kappa shape index (κ1) is 35.0. The lowest BCUT2D eigenvalue weighted by Crippen LogP contribution is -2.63. The van der Waals surface area contributed by atoms with Crippen LogP contribution in [0.25, 0.3) is 0 Å². The Labute approximate surface area is 290 Å². The summed E-state index contributed by atoms with van der Waals surface area (Å²) in [5.74, 6) is -0.608. The lowest BCUT2D eigenvalue weighted by Gasteiger charge is -2.48. The topological polar surface area (TPSA) is 141 Å². The molecule has 48 heavy (non-hydrogen) atoms. The number of epoxide rings is 1. The minimum absolute atomic E-state index is 0.0321. The van der Waals surface area contributed by atoms with E-state index in [1.54, 1.807) is 24.3 Å². The summed E-state index contributed by atoms with van der Waals surface area (Å²) in [5.41, 5.74) is -0.849. The molecule has 3 fully saturated rings. The summed E-state index contributed by atoms with van der Waals surface area (Å²) in [4.78, 5) is 25.4. The number of phenolic OH excluding ortho intramolecular Hbond substituents is 1. The first-order chi connectivity index (χ1) is 23.3. The zero-order valence-electron chi connectivity index (χ0n) is 27.5. The molecule has 4 unspecified atom stereocenters. The van der Waals surface area contributed by atoms with Crippen molar-refractivity contribution in [1.82, 2.24) is 5.32 Å². The third kappa shape index (κ3) is 7.35. The number of thiophene rings is 2. The highest BCUT2D eigenvalue weighted by atomic mass is 32.1. The predicted molar refractivity (Wildman–Crippen MR) is 186 cm³/mol. The Morgan fingerprint density at radius 2 is 1.65 bits per heavy atom. The van der Waals surface area contributed by atoms with E-state index in [1.165, 1.54) is 60.8 Å². The lowest BCUT2D eigenvalue weighted by atomic mass is 9.94. The van der Waals surface area contributed by atoms with Crippen LogP contribution >= 0.6 is 22.7 Å². The molecule has 260 valence electrons. The molecule has 3 aromatic rings. The number of aliphatic hydroxyl groups excluding tert-OH is 1. The van der Waals surface area contributed by atoms with Gasteiger partial charge in [0.05, 0.1) is 35.1 Å². The number of carbonyl (C=O) groups excluding carboxylic acids is 2. The van der Waals surface area contributed by atoms with E-state index in [1.807, 2.05) is 22.9 Å². The summed E-state index contributed by atoms with van der Waals surface area (Å²) in [7, 11) is 2.36. The molecular formula is C36H48N3O7S2+. The zero-order chi connectivity index (χ0) is 33.7. The van der Waals surface area contributed by atoms with Crippen LogP contribution in [0.5, 0.6) is 5.75 Å². The molecule has 0 saturated carbocycles. The maximum Gasteiger partial charge on any atom is 0.349 e. The van der Waals surface area contributed by atoms with Gasteiger partial charge in [0.15, 0.2) is 0 Å². The van der Waals surface area contributed by atoms with Crippen molar-refractivity contribution in [1.29, 1.82) is 0 Å². The molecule has 12 heteroatoms. The summed E-state index contributed by atoms with van der Waals surface area (Å²) < 4.78 is 13.2. The van der Waals surface area contributed by atoms with Crippen LogP contribution in [0.15, 0.2) is 53.2 Å². The number of hydrogen-bond acceptors (Lipinski definition) is 10. The Balaban J connectivity index is 0.871. The molecule has 6 rings (SSSR count). The Bertz CT molecular complexity index is 1450. The van der Waals surface area contributed by atoms with Crippen molar-refractivity contribution in [2.75, 3.05) is 32.0 Å². The van der Waals surface area contributed by atoms with Crippen LogP contribution < -0.4 is 10.6 Å². The number of aliphatic hydroxyl groups is 2. The molecule has 3 aliphatic heterocycles. The Hall–Kier alpha value is -2.84. The van der Waals surface area contributed by atoms with Gasteiger partial charge in [-0.05, 0) is 66.4 Å². The van der Waals surface area contributed by atoms with Gasteiger partial charge >= 0.3 is 5.97 Å². The normalized spacial score (nSPS) is 26.5. The number of aromatic hydroxyl groups is 1. The molecule has 1 aromatic carbocycles. The van der Waals surface area contributed by atoms with Crippen molar-refractivity contribution >= 4 is 40.7 Å². The molecule has 10 nitrogen and oxygen atoms in total. The number of phenols is 1. The van der Waals surface area contributed by atoms with Crippen molar-refractivity contribution in [3.8, 4) is 5.75 Å². The molecular weight excluding hydrogens is 651 g/mol. The standard InChI is InChI=1S/C36H47N3O7S2/c1-39(16-8-6-4-2-3-5-7-15-37-22-30(42)24-13-14-29(41)26(19-24)38-23-40)27-20-25(21-28(39)34-33(27)46-34)45-35(43)36(44,31-11-9-17-47-31)32-12-10-18-48-32/h9-14,17-19,23,25,27-28,30,33-34,37,42,44H,2-8,15-16,20-22H2,1H3,(H-,38,40,41)/p+1/t25?,27?,28?,30-,33?,34?,39?/m0/s1. The summed E-state index contributed by atoms with van der Waals surface area (Å²) >= 11 is 2.73. The Morgan fingerprint density at radius 1 is 1.02 bits per heavy atom. The molecule has 2 aromatic heterocycles. The van der Waals surface area contributed by atoms with Crippen molar-refractivity contribution in [3.63, 3.8) is 0 Å². The number of amides is 1. The lowest BCUT2D eigenvalue weighted by molar-refractivity contribution is -0.956. The summed E-state index contributed by atoms with van der Waals surface area (Å²) in [6.07, 6.45) is 9.79. The van der Waals surface area contributed by atoms with Crippen molar-refractivity contribution in [2.24, 2.45) is 0 Å². The van der Waals surface area contributed by atoms with Crippen LogP contribution in [0.3, 0.4) is 0 Å². The average Bonchev–Trinajstić information content (AvgIpc) is 3.38. The van der Waals surface area contributed by atoms with Crippen molar-refractivity contribution in [2.45, 2.75) is 99.9 Å². The van der Waals surface area contributed by atoms with Crippen LogP contribution in [0.2, 0.25) is 0 Å². The minimum Gasteiger partial charge on any atom is -0.506 e. The van der Waals surface area contributed by atoms with E-state index >= 15 is 0 Å². The second kappa shape index (κ2) is 15.4. The van der Waals surface area contributed by atoms with E-state index in [2.05, 4.69) is 17.7 Å². The molecule has 3 aliphatic rings. The van der Waals surface area contributed by atoms with Gasteiger partial charge in [0.2, 0.25) is 12.0 Å². The van der Waals surface area contributed by atoms with Gasteiger partial charge in [-0.3, -0.25) is 4.79 Å². The van der Waals surface area contributed by atoms with Gasteiger partial charge in [-0.2, -0.15) is 0 Å².